The number of aromatic nitrogens is 3. The summed E-state index contributed by atoms with van der Waals surface area (Å²) in [4.78, 5) is 10.9. The molecule has 0 spiro atoms. The highest BCUT2D eigenvalue weighted by atomic mass is 16.5. The van der Waals surface area contributed by atoms with E-state index in [1.54, 1.807) is 0 Å². The largest absolute Gasteiger partial charge is 0.441 e. The maximum atomic E-state index is 5.49. The number of oxazole rings is 1. The second kappa shape index (κ2) is 5.49. The van der Waals surface area contributed by atoms with Crippen molar-refractivity contribution in [1.29, 1.82) is 0 Å². The summed E-state index contributed by atoms with van der Waals surface area (Å²) in [6, 6.07) is 13.6. The zero-order valence-electron chi connectivity index (χ0n) is 13.6. The van der Waals surface area contributed by atoms with Gasteiger partial charge in [0.15, 0.2) is 11.5 Å². The third-order valence-electron chi connectivity index (χ3n) is 3.79. The zero-order valence-corrected chi connectivity index (χ0v) is 13.6. The Hall–Kier alpha value is -3.15. The van der Waals surface area contributed by atoms with E-state index < -0.39 is 0 Å². The van der Waals surface area contributed by atoms with E-state index in [9.17, 15) is 0 Å². The van der Waals surface area contributed by atoms with Crippen LogP contribution in [0.15, 0.2) is 51.4 Å². The van der Waals surface area contributed by atoms with Gasteiger partial charge in [0.05, 0.1) is 0 Å². The summed E-state index contributed by atoms with van der Waals surface area (Å²) < 4.78 is 10.9. The average molecular weight is 320 g/mol. The van der Waals surface area contributed by atoms with Crippen LogP contribution in [0.5, 0.6) is 0 Å². The molecular formula is C18H16N4O2. The van der Waals surface area contributed by atoms with E-state index >= 15 is 0 Å². The van der Waals surface area contributed by atoms with E-state index in [2.05, 4.69) is 15.1 Å². The Morgan fingerprint density at radius 3 is 2.67 bits per heavy atom. The van der Waals surface area contributed by atoms with Gasteiger partial charge in [-0.15, -0.1) is 0 Å². The third-order valence-corrected chi connectivity index (χ3v) is 3.79. The molecule has 24 heavy (non-hydrogen) atoms. The van der Waals surface area contributed by atoms with E-state index in [1.165, 1.54) is 0 Å². The Balaban J connectivity index is 1.72. The molecule has 2 heterocycles. The number of fused-ring (bicyclic) bond motifs is 1. The molecule has 6 nitrogen and oxygen atoms in total. The van der Waals surface area contributed by atoms with Crippen molar-refractivity contribution in [2.24, 2.45) is 0 Å². The number of nitrogens with zero attached hydrogens (tertiary/aromatic N) is 4. The van der Waals surface area contributed by atoms with Crippen molar-refractivity contribution in [3.05, 3.63) is 48.4 Å². The topological polar surface area (TPSA) is 68.2 Å². The lowest BCUT2D eigenvalue weighted by Crippen LogP contribution is -2.08. The van der Waals surface area contributed by atoms with Gasteiger partial charge < -0.3 is 13.8 Å². The minimum absolute atomic E-state index is 0.491. The molecule has 0 bridgehead atoms. The summed E-state index contributed by atoms with van der Waals surface area (Å²) >= 11 is 0. The summed E-state index contributed by atoms with van der Waals surface area (Å²) in [7, 11) is 3.99. The maximum Gasteiger partial charge on any atom is 0.258 e. The van der Waals surface area contributed by atoms with Gasteiger partial charge in [-0.25, -0.2) is 4.98 Å². The van der Waals surface area contributed by atoms with Crippen molar-refractivity contribution < 1.29 is 8.94 Å². The fourth-order valence-corrected chi connectivity index (χ4v) is 2.56. The van der Waals surface area contributed by atoms with Crippen LogP contribution in [-0.2, 0) is 0 Å². The van der Waals surface area contributed by atoms with Crippen LogP contribution in [0.1, 0.15) is 5.89 Å². The monoisotopic (exact) mass is 320 g/mol. The number of hydrogen-bond acceptors (Lipinski definition) is 6. The van der Waals surface area contributed by atoms with E-state index in [0.29, 0.717) is 17.6 Å². The van der Waals surface area contributed by atoms with Crippen LogP contribution in [0.4, 0.5) is 5.69 Å². The lowest BCUT2D eigenvalue weighted by molar-refractivity contribution is 0.432. The molecule has 0 unspecified atom stereocenters. The Bertz CT molecular complexity index is 1020. The van der Waals surface area contributed by atoms with Gasteiger partial charge in [-0.05, 0) is 36.4 Å². The first-order valence-corrected chi connectivity index (χ1v) is 7.59. The molecule has 0 saturated carbocycles. The van der Waals surface area contributed by atoms with Crippen LogP contribution in [0.25, 0.3) is 33.9 Å². The zero-order chi connectivity index (χ0) is 16.7. The minimum Gasteiger partial charge on any atom is -0.441 e. The molecule has 0 N–H and O–H groups in total. The van der Waals surface area contributed by atoms with Crippen LogP contribution >= 0.6 is 0 Å². The predicted octanol–water partition coefficient (Wildman–Crippen LogP) is 3.92. The standard InChI is InChI=1S/C18H16N4O2/c1-11-19-15-10-12(7-8-16(15)23-11)17-20-18(24-21-17)13-5-4-6-14(9-13)22(2)3/h4-10H,1-3H3. The van der Waals surface area contributed by atoms with E-state index in [0.717, 1.165) is 27.9 Å². The molecule has 0 aliphatic rings. The van der Waals surface area contributed by atoms with Gasteiger partial charge in [0.1, 0.15) is 5.52 Å². The molecule has 0 aliphatic heterocycles. The minimum atomic E-state index is 0.491. The molecular weight excluding hydrogens is 304 g/mol. The maximum absolute atomic E-state index is 5.49. The SMILES string of the molecule is Cc1nc2cc(-c3noc(-c4cccc(N(C)C)c4)n3)ccc2o1. The molecule has 120 valence electrons. The molecule has 4 rings (SSSR count). The van der Waals surface area contributed by atoms with Crippen molar-refractivity contribution in [1.82, 2.24) is 15.1 Å². The molecule has 6 heteroatoms. The average Bonchev–Trinajstić information content (AvgIpc) is 3.19. The first-order valence-electron chi connectivity index (χ1n) is 7.59. The highest BCUT2D eigenvalue weighted by Gasteiger charge is 2.13. The van der Waals surface area contributed by atoms with E-state index in [4.69, 9.17) is 8.94 Å². The van der Waals surface area contributed by atoms with Gasteiger partial charge in [0, 0.05) is 37.8 Å². The molecule has 4 aromatic rings. The molecule has 0 radical (unpaired) electrons. The third kappa shape index (κ3) is 2.52. The van der Waals surface area contributed by atoms with Crippen molar-refractivity contribution in [2.45, 2.75) is 6.92 Å². The van der Waals surface area contributed by atoms with Crippen LogP contribution in [0, 0.1) is 6.92 Å². The lowest BCUT2D eigenvalue weighted by Gasteiger charge is -2.12. The van der Waals surface area contributed by atoms with E-state index in [1.807, 2.05) is 68.4 Å². The highest BCUT2D eigenvalue weighted by molar-refractivity contribution is 5.78. The summed E-state index contributed by atoms with van der Waals surface area (Å²) in [5.74, 6) is 1.66. The molecule has 2 aromatic heterocycles. The number of benzene rings is 2. The van der Waals surface area contributed by atoms with Crippen LogP contribution in [-0.4, -0.2) is 29.2 Å². The van der Waals surface area contributed by atoms with Crippen LogP contribution in [0.3, 0.4) is 0 Å². The highest BCUT2D eigenvalue weighted by Crippen LogP contribution is 2.27. The fraction of sp³-hybridized carbons (Fsp3) is 0.167. The van der Waals surface area contributed by atoms with Gasteiger partial charge in [-0.3, -0.25) is 0 Å². The molecule has 0 fully saturated rings. The fourth-order valence-electron chi connectivity index (χ4n) is 2.56. The number of aryl methyl sites for hydroxylation is 1. The molecule has 0 aliphatic carbocycles. The quantitative estimate of drug-likeness (QED) is 0.570. The predicted molar refractivity (Wildman–Crippen MR) is 91.8 cm³/mol. The normalized spacial score (nSPS) is 11.1. The van der Waals surface area contributed by atoms with E-state index in [-0.39, 0.29) is 0 Å². The lowest BCUT2D eigenvalue weighted by atomic mass is 10.2. The van der Waals surface area contributed by atoms with Crippen molar-refractivity contribution in [2.75, 3.05) is 19.0 Å². The van der Waals surface area contributed by atoms with Crippen LogP contribution < -0.4 is 4.90 Å². The Kier molecular flexibility index (Phi) is 3.30. The molecule has 2 aromatic carbocycles. The second-order valence-corrected chi connectivity index (χ2v) is 5.78. The first-order chi connectivity index (χ1) is 11.6. The molecule has 0 amide bonds. The summed E-state index contributed by atoms with van der Waals surface area (Å²) in [5.41, 5.74) is 4.34. The van der Waals surface area contributed by atoms with Crippen molar-refractivity contribution in [3.63, 3.8) is 0 Å². The van der Waals surface area contributed by atoms with Gasteiger partial charge in [0.2, 0.25) is 5.82 Å². The first kappa shape index (κ1) is 14.4. The van der Waals surface area contributed by atoms with Crippen molar-refractivity contribution in [3.8, 4) is 22.8 Å². The molecule has 0 saturated heterocycles. The Morgan fingerprint density at radius 1 is 0.958 bits per heavy atom. The van der Waals surface area contributed by atoms with Gasteiger partial charge in [-0.1, -0.05) is 11.2 Å². The summed E-state index contributed by atoms with van der Waals surface area (Å²) in [5, 5.41) is 4.09. The summed E-state index contributed by atoms with van der Waals surface area (Å²) in [6.45, 7) is 1.82. The summed E-state index contributed by atoms with van der Waals surface area (Å²) in [6.07, 6.45) is 0. The Labute approximate surface area is 138 Å². The smallest absolute Gasteiger partial charge is 0.258 e. The van der Waals surface area contributed by atoms with Crippen LogP contribution in [0.2, 0.25) is 0 Å². The van der Waals surface area contributed by atoms with Gasteiger partial charge >= 0.3 is 0 Å². The van der Waals surface area contributed by atoms with Gasteiger partial charge in [0.25, 0.3) is 5.89 Å². The number of rotatable bonds is 3. The number of hydrogen-bond donors (Lipinski definition) is 0. The second-order valence-electron chi connectivity index (χ2n) is 5.78. The Morgan fingerprint density at radius 2 is 1.83 bits per heavy atom. The van der Waals surface area contributed by atoms with Gasteiger partial charge in [-0.2, -0.15) is 4.98 Å². The van der Waals surface area contributed by atoms with Crippen molar-refractivity contribution >= 4 is 16.8 Å². The number of anilines is 1. The molecule has 0 atom stereocenters.